The van der Waals surface area contributed by atoms with Crippen LogP contribution in [0.5, 0.6) is 5.75 Å². The lowest BCUT2D eigenvalue weighted by molar-refractivity contribution is -0.139. The molecule has 0 radical (unpaired) electrons. The molecule has 6 nitrogen and oxygen atoms in total. The highest BCUT2D eigenvalue weighted by Crippen LogP contribution is 2.34. The van der Waals surface area contributed by atoms with Crippen LogP contribution in [-0.2, 0) is 16.1 Å². The molecule has 2 aromatic carbocycles. The number of ether oxygens (including phenoxy) is 2. The van der Waals surface area contributed by atoms with E-state index in [-0.39, 0.29) is 12.2 Å². The first-order chi connectivity index (χ1) is 19.0. The van der Waals surface area contributed by atoms with E-state index in [1.54, 1.807) is 11.5 Å². The molecule has 0 N–H and O–H groups in total. The summed E-state index contributed by atoms with van der Waals surface area (Å²) in [7, 11) is 0. The summed E-state index contributed by atoms with van der Waals surface area (Å²) in [5.74, 6) is 0.302. The third kappa shape index (κ3) is 5.93. The van der Waals surface area contributed by atoms with Gasteiger partial charge >= 0.3 is 5.97 Å². The maximum Gasteiger partial charge on any atom is 0.338 e. The lowest BCUT2D eigenvalue weighted by atomic mass is 9.99. The molecule has 0 saturated heterocycles. The number of fused-ring (bicyclic) bond motifs is 1. The molecule has 1 aliphatic heterocycles. The Balaban J connectivity index is 1.49. The zero-order valence-corrected chi connectivity index (χ0v) is 23.9. The van der Waals surface area contributed by atoms with Crippen molar-refractivity contribution in [2.45, 2.75) is 39.3 Å². The standard InChI is InChI=1S/C30H27ClN2O4S2/c1-3-6-23-26(29(35)36-4-2)27(24-7-5-16-38-24)33-28(34)25(39-30(33)32-23)17-19-10-14-22(15-11-19)37-18-20-8-12-21(31)13-9-20/h5,7-17,27H,3-4,6,18H2,1-2H3/b25-17-. The lowest BCUT2D eigenvalue weighted by Gasteiger charge is -2.24. The molecule has 0 amide bonds. The molecule has 0 fully saturated rings. The van der Waals surface area contributed by atoms with Gasteiger partial charge < -0.3 is 9.47 Å². The SMILES string of the molecule is CCCC1=C(C(=O)OCC)C(c2cccs2)n2c(s/c(=C\c3ccc(OCc4ccc(Cl)cc4)cc3)c2=O)=N1. The minimum absolute atomic E-state index is 0.183. The molecule has 39 heavy (non-hydrogen) atoms. The highest BCUT2D eigenvalue weighted by atomic mass is 35.5. The summed E-state index contributed by atoms with van der Waals surface area (Å²) in [4.78, 5) is 33.1. The summed E-state index contributed by atoms with van der Waals surface area (Å²) in [5, 5.41) is 2.64. The molecule has 200 valence electrons. The van der Waals surface area contributed by atoms with E-state index in [0.717, 1.165) is 28.2 Å². The summed E-state index contributed by atoms with van der Waals surface area (Å²) in [6.45, 7) is 4.51. The monoisotopic (exact) mass is 578 g/mol. The summed E-state index contributed by atoms with van der Waals surface area (Å²) in [6.07, 6.45) is 3.30. The number of thiophene rings is 1. The molecular weight excluding hydrogens is 552 g/mol. The molecule has 4 aromatic rings. The number of benzene rings is 2. The van der Waals surface area contributed by atoms with Gasteiger partial charge in [-0.15, -0.1) is 11.3 Å². The highest BCUT2D eigenvalue weighted by Gasteiger charge is 2.34. The third-order valence-corrected chi connectivity index (χ3v) is 8.36. The number of hydrogen-bond acceptors (Lipinski definition) is 7. The number of allylic oxidation sites excluding steroid dienone is 1. The molecular formula is C30H27ClN2O4S2. The Labute approximate surface area is 239 Å². The lowest BCUT2D eigenvalue weighted by Crippen LogP contribution is -2.39. The summed E-state index contributed by atoms with van der Waals surface area (Å²) >= 11 is 8.79. The van der Waals surface area contributed by atoms with E-state index in [1.807, 2.05) is 79.0 Å². The van der Waals surface area contributed by atoms with Crippen molar-refractivity contribution in [1.29, 1.82) is 0 Å². The van der Waals surface area contributed by atoms with Crippen molar-refractivity contribution < 1.29 is 14.3 Å². The van der Waals surface area contributed by atoms with Crippen LogP contribution in [0.25, 0.3) is 6.08 Å². The van der Waals surface area contributed by atoms with Gasteiger partial charge in [0, 0.05) is 9.90 Å². The van der Waals surface area contributed by atoms with Gasteiger partial charge in [0.05, 0.1) is 22.4 Å². The number of esters is 1. The zero-order valence-electron chi connectivity index (χ0n) is 21.6. The normalized spacial score (nSPS) is 15.2. The molecule has 1 unspecified atom stereocenters. The predicted molar refractivity (Wildman–Crippen MR) is 156 cm³/mol. The number of nitrogens with zero attached hydrogens (tertiary/aromatic N) is 2. The summed E-state index contributed by atoms with van der Waals surface area (Å²) < 4.78 is 13.5. The Bertz CT molecular complexity index is 1670. The summed E-state index contributed by atoms with van der Waals surface area (Å²) in [6, 6.07) is 18.4. The molecule has 0 bridgehead atoms. The molecule has 5 rings (SSSR count). The van der Waals surface area contributed by atoms with Gasteiger partial charge in [-0.3, -0.25) is 9.36 Å². The maximum atomic E-state index is 13.7. The minimum Gasteiger partial charge on any atom is -0.489 e. The second-order valence-corrected chi connectivity index (χ2v) is 11.3. The third-order valence-electron chi connectivity index (χ3n) is 6.20. The van der Waals surface area contributed by atoms with Crippen LogP contribution in [0.4, 0.5) is 0 Å². The van der Waals surface area contributed by atoms with Crippen LogP contribution in [0.1, 0.15) is 48.7 Å². The first-order valence-corrected chi connectivity index (χ1v) is 14.8. The maximum absolute atomic E-state index is 13.7. The molecule has 0 spiro atoms. The van der Waals surface area contributed by atoms with E-state index in [9.17, 15) is 9.59 Å². The first kappa shape index (κ1) is 27.1. The number of hydrogen-bond donors (Lipinski definition) is 0. The Morgan fingerprint density at radius 1 is 1.10 bits per heavy atom. The van der Waals surface area contributed by atoms with E-state index in [2.05, 4.69) is 0 Å². The Kier molecular flexibility index (Phi) is 8.45. The largest absolute Gasteiger partial charge is 0.489 e. The molecule has 3 heterocycles. The zero-order chi connectivity index (χ0) is 27.4. The number of aromatic nitrogens is 1. The van der Waals surface area contributed by atoms with Gasteiger partial charge in [-0.2, -0.15) is 0 Å². The Hall–Kier alpha value is -3.46. The molecule has 1 atom stereocenters. The van der Waals surface area contributed by atoms with Crippen molar-refractivity contribution in [3.63, 3.8) is 0 Å². The van der Waals surface area contributed by atoms with Gasteiger partial charge in [0.2, 0.25) is 0 Å². The van der Waals surface area contributed by atoms with Gasteiger partial charge in [-0.05, 0) is 66.3 Å². The van der Waals surface area contributed by atoms with Crippen molar-refractivity contribution >= 4 is 46.3 Å². The van der Waals surface area contributed by atoms with Crippen LogP contribution in [-0.4, -0.2) is 17.1 Å². The van der Waals surface area contributed by atoms with Crippen molar-refractivity contribution in [3.05, 3.63) is 118 Å². The number of rotatable bonds is 9. The fourth-order valence-corrected chi connectivity index (χ4v) is 6.37. The molecule has 0 saturated carbocycles. The van der Waals surface area contributed by atoms with Crippen molar-refractivity contribution in [1.82, 2.24) is 4.57 Å². The first-order valence-electron chi connectivity index (χ1n) is 12.7. The van der Waals surface area contributed by atoms with E-state index < -0.39 is 12.0 Å². The number of carbonyl (C=O) groups is 1. The molecule has 9 heteroatoms. The van der Waals surface area contributed by atoms with Gasteiger partial charge in [-0.1, -0.05) is 66.6 Å². The van der Waals surface area contributed by atoms with E-state index in [1.165, 1.54) is 22.7 Å². The quantitative estimate of drug-likeness (QED) is 0.233. The fraction of sp³-hybridized carbons (Fsp3) is 0.233. The van der Waals surface area contributed by atoms with Gasteiger partial charge in [0.1, 0.15) is 18.4 Å². The van der Waals surface area contributed by atoms with Crippen LogP contribution in [0.2, 0.25) is 5.02 Å². The van der Waals surface area contributed by atoms with Crippen LogP contribution in [0.3, 0.4) is 0 Å². The van der Waals surface area contributed by atoms with E-state index >= 15 is 0 Å². The van der Waals surface area contributed by atoms with Crippen LogP contribution in [0.15, 0.2) is 87.1 Å². The highest BCUT2D eigenvalue weighted by molar-refractivity contribution is 7.10. The molecule has 0 aliphatic carbocycles. The Morgan fingerprint density at radius 2 is 1.87 bits per heavy atom. The van der Waals surface area contributed by atoms with Gasteiger partial charge in [0.25, 0.3) is 5.56 Å². The summed E-state index contributed by atoms with van der Waals surface area (Å²) in [5.41, 5.74) is 2.84. The second-order valence-electron chi connectivity index (χ2n) is 8.91. The topological polar surface area (TPSA) is 69.9 Å². The van der Waals surface area contributed by atoms with Crippen LogP contribution in [0, 0.1) is 0 Å². The van der Waals surface area contributed by atoms with Crippen molar-refractivity contribution in [2.24, 2.45) is 4.99 Å². The number of thiazole rings is 1. The van der Waals surface area contributed by atoms with Crippen LogP contribution >= 0.6 is 34.3 Å². The smallest absolute Gasteiger partial charge is 0.338 e. The molecule has 2 aromatic heterocycles. The van der Waals surface area contributed by atoms with E-state index in [0.29, 0.717) is 38.7 Å². The van der Waals surface area contributed by atoms with E-state index in [4.69, 9.17) is 26.1 Å². The number of carbonyl (C=O) groups excluding carboxylic acids is 1. The Morgan fingerprint density at radius 3 is 2.54 bits per heavy atom. The fourth-order valence-electron chi connectivity index (χ4n) is 4.40. The van der Waals surface area contributed by atoms with Gasteiger partial charge in [-0.25, -0.2) is 9.79 Å². The van der Waals surface area contributed by atoms with Crippen molar-refractivity contribution in [3.8, 4) is 5.75 Å². The second kappa shape index (κ2) is 12.2. The molecule has 1 aliphatic rings. The van der Waals surface area contributed by atoms with Crippen LogP contribution < -0.4 is 19.6 Å². The number of halogens is 1. The predicted octanol–water partition coefficient (Wildman–Crippen LogP) is 5.87. The minimum atomic E-state index is -0.562. The average Bonchev–Trinajstić information content (AvgIpc) is 3.57. The van der Waals surface area contributed by atoms with Gasteiger partial charge in [0.15, 0.2) is 4.80 Å². The van der Waals surface area contributed by atoms with Crippen molar-refractivity contribution in [2.75, 3.05) is 6.61 Å². The average molecular weight is 579 g/mol.